The van der Waals surface area contributed by atoms with Crippen LogP contribution in [0.4, 0.5) is 5.95 Å². The molecule has 1 unspecified atom stereocenters. The molecule has 1 aliphatic heterocycles. The standard InChI is InChI=1S/C12H18N4OS/c13-11(18)10-5-6-14-12(15-10)16-7-1-3-9(16)4-2-8-17/h5-6,9,17H,1-4,7-8H2,(H2,13,18). The van der Waals surface area contributed by atoms with Crippen LogP contribution in [0.5, 0.6) is 0 Å². The Morgan fingerprint density at radius 3 is 3.17 bits per heavy atom. The third-order valence-corrected chi connectivity index (χ3v) is 3.43. The number of thiocarbonyl (C=S) groups is 1. The Hall–Kier alpha value is -1.27. The van der Waals surface area contributed by atoms with Crippen molar-refractivity contribution in [3.05, 3.63) is 18.0 Å². The molecular weight excluding hydrogens is 248 g/mol. The van der Waals surface area contributed by atoms with Gasteiger partial charge in [0, 0.05) is 25.4 Å². The number of anilines is 1. The van der Waals surface area contributed by atoms with Crippen molar-refractivity contribution < 1.29 is 5.11 Å². The SMILES string of the molecule is NC(=S)c1ccnc(N2CCCC2CCCO)n1. The first-order valence-corrected chi connectivity index (χ1v) is 6.63. The lowest BCUT2D eigenvalue weighted by Crippen LogP contribution is -2.31. The van der Waals surface area contributed by atoms with Gasteiger partial charge in [0.25, 0.3) is 0 Å². The van der Waals surface area contributed by atoms with Crippen molar-refractivity contribution >= 4 is 23.2 Å². The van der Waals surface area contributed by atoms with Crippen LogP contribution in [0.2, 0.25) is 0 Å². The second-order valence-corrected chi connectivity index (χ2v) is 4.90. The average molecular weight is 266 g/mol. The Labute approximate surface area is 112 Å². The van der Waals surface area contributed by atoms with Gasteiger partial charge in [-0.15, -0.1) is 0 Å². The minimum Gasteiger partial charge on any atom is -0.396 e. The minimum absolute atomic E-state index is 0.234. The maximum absolute atomic E-state index is 8.92. The van der Waals surface area contributed by atoms with Crippen LogP contribution in [0, 0.1) is 0 Å². The summed E-state index contributed by atoms with van der Waals surface area (Å²) in [4.78, 5) is 11.2. The highest BCUT2D eigenvalue weighted by Crippen LogP contribution is 2.25. The van der Waals surface area contributed by atoms with Gasteiger partial charge >= 0.3 is 0 Å². The maximum atomic E-state index is 8.92. The fourth-order valence-corrected chi connectivity index (χ4v) is 2.46. The number of hydrogen-bond acceptors (Lipinski definition) is 5. The van der Waals surface area contributed by atoms with Gasteiger partial charge in [-0.1, -0.05) is 12.2 Å². The van der Waals surface area contributed by atoms with Crippen molar-refractivity contribution in [3.63, 3.8) is 0 Å². The average Bonchev–Trinajstić information content (AvgIpc) is 2.84. The molecule has 2 rings (SSSR count). The summed E-state index contributed by atoms with van der Waals surface area (Å²) in [5.74, 6) is 0.695. The molecule has 18 heavy (non-hydrogen) atoms. The normalized spacial score (nSPS) is 19.2. The van der Waals surface area contributed by atoms with Gasteiger partial charge in [0.05, 0.1) is 0 Å². The van der Waals surface area contributed by atoms with E-state index in [0.29, 0.717) is 22.7 Å². The maximum Gasteiger partial charge on any atom is 0.226 e. The Kier molecular flexibility index (Phi) is 4.43. The molecule has 0 bridgehead atoms. The van der Waals surface area contributed by atoms with Crippen molar-refractivity contribution in [2.24, 2.45) is 5.73 Å². The van der Waals surface area contributed by atoms with Crippen LogP contribution < -0.4 is 10.6 Å². The monoisotopic (exact) mass is 266 g/mol. The molecule has 0 spiro atoms. The first-order valence-electron chi connectivity index (χ1n) is 6.22. The highest BCUT2D eigenvalue weighted by molar-refractivity contribution is 7.80. The third kappa shape index (κ3) is 2.94. The summed E-state index contributed by atoms with van der Waals surface area (Å²) in [6.45, 7) is 1.19. The van der Waals surface area contributed by atoms with Gasteiger partial charge in [0.2, 0.25) is 5.95 Å². The van der Waals surface area contributed by atoms with E-state index >= 15 is 0 Å². The van der Waals surface area contributed by atoms with Crippen LogP contribution in [0.3, 0.4) is 0 Å². The Morgan fingerprint density at radius 2 is 2.44 bits per heavy atom. The summed E-state index contributed by atoms with van der Waals surface area (Å²) in [5, 5.41) is 8.92. The Bertz CT molecular complexity index is 426. The van der Waals surface area contributed by atoms with E-state index in [1.54, 1.807) is 12.3 Å². The molecule has 0 amide bonds. The third-order valence-electron chi connectivity index (χ3n) is 3.22. The molecule has 98 valence electrons. The Morgan fingerprint density at radius 1 is 1.61 bits per heavy atom. The van der Waals surface area contributed by atoms with E-state index in [1.807, 2.05) is 0 Å². The van der Waals surface area contributed by atoms with Crippen LogP contribution in [0.15, 0.2) is 12.3 Å². The summed E-state index contributed by atoms with van der Waals surface area (Å²) in [7, 11) is 0. The highest BCUT2D eigenvalue weighted by Gasteiger charge is 2.26. The number of aliphatic hydroxyl groups is 1. The van der Waals surface area contributed by atoms with E-state index in [4.69, 9.17) is 23.1 Å². The lowest BCUT2D eigenvalue weighted by Gasteiger charge is -2.24. The zero-order chi connectivity index (χ0) is 13.0. The van der Waals surface area contributed by atoms with Crippen molar-refractivity contribution in [1.29, 1.82) is 0 Å². The molecule has 5 nitrogen and oxygen atoms in total. The second kappa shape index (κ2) is 6.06. The molecule has 1 saturated heterocycles. The van der Waals surface area contributed by atoms with Crippen molar-refractivity contribution in [2.75, 3.05) is 18.1 Å². The molecule has 1 fully saturated rings. The van der Waals surface area contributed by atoms with Crippen LogP contribution in [-0.4, -0.2) is 39.3 Å². The topological polar surface area (TPSA) is 75.3 Å². The first kappa shape index (κ1) is 13.2. The molecule has 2 heterocycles. The number of rotatable bonds is 5. The van der Waals surface area contributed by atoms with E-state index in [-0.39, 0.29) is 6.61 Å². The fraction of sp³-hybridized carbons (Fsp3) is 0.583. The van der Waals surface area contributed by atoms with E-state index in [0.717, 1.165) is 32.2 Å². The predicted octanol–water partition coefficient (Wildman–Crippen LogP) is 0.852. The number of aromatic nitrogens is 2. The minimum atomic E-state index is 0.234. The van der Waals surface area contributed by atoms with Crippen LogP contribution >= 0.6 is 12.2 Å². The summed E-state index contributed by atoms with van der Waals surface area (Å²) in [6.07, 6.45) is 5.74. The molecule has 0 aromatic carbocycles. The molecular formula is C12H18N4OS. The fourth-order valence-electron chi connectivity index (χ4n) is 2.35. The van der Waals surface area contributed by atoms with Gasteiger partial charge in [0.1, 0.15) is 10.7 Å². The highest BCUT2D eigenvalue weighted by atomic mass is 32.1. The van der Waals surface area contributed by atoms with E-state index in [1.165, 1.54) is 0 Å². The van der Waals surface area contributed by atoms with Crippen molar-refractivity contribution in [3.8, 4) is 0 Å². The van der Waals surface area contributed by atoms with Crippen molar-refractivity contribution in [2.45, 2.75) is 31.7 Å². The molecule has 1 atom stereocenters. The van der Waals surface area contributed by atoms with Crippen LogP contribution in [0.25, 0.3) is 0 Å². The lowest BCUT2D eigenvalue weighted by molar-refractivity contribution is 0.279. The molecule has 1 aromatic rings. The molecule has 0 radical (unpaired) electrons. The van der Waals surface area contributed by atoms with Gasteiger partial charge in [-0.25, -0.2) is 9.97 Å². The van der Waals surface area contributed by atoms with Crippen LogP contribution in [0.1, 0.15) is 31.4 Å². The van der Waals surface area contributed by atoms with Gasteiger partial charge < -0.3 is 15.7 Å². The van der Waals surface area contributed by atoms with Crippen LogP contribution in [-0.2, 0) is 0 Å². The predicted molar refractivity (Wildman–Crippen MR) is 74.6 cm³/mol. The molecule has 0 aliphatic carbocycles. The number of nitrogens with two attached hydrogens (primary N) is 1. The van der Waals surface area contributed by atoms with Gasteiger partial charge in [-0.2, -0.15) is 0 Å². The molecule has 1 aromatic heterocycles. The number of aliphatic hydroxyl groups excluding tert-OH is 1. The summed E-state index contributed by atoms with van der Waals surface area (Å²) < 4.78 is 0. The zero-order valence-electron chi connectivity index (χ0n) is 10.2. The second-order valence-electron chi connectivity index (χ2n) is 4.46. The van der Waals surface area contributed by atoms with E-state index in [2.05, 4.69) is 14.9 Å². The summed E-state index contributed by atoms with van der Waals surface area (Å²) in [5.41, 5.74) is 6.20. The molecule has 1 aliphatic rings. The smallest absolute Gasteiger partial charge is 0.226 e. The summed E-state index contributed by atoms with van der Waals surface area (Å²) in [6, 6.07) is 2.14. The lowest BCUT2D eigenvalue weighted by atomic mass is 10.1. The summed E-state index contributed by atoms with van der Waals surface area (Å²) >= 11 is 4.93. The van der Waals surface area contributed by atoms with Crippen molar-refractivity contribution in [1.82, 2.24) is 9.97 Å². The van der Waals surface area contributed by atoms with E-state index < -0.39 is 0 Å². The van der Waals surface area contributed by atoms with E-state index in [9.17, 15) is 0 Å². The quantitative estimate of drug-likeness (QED) is 0.770. The number of hydrogen-bond donors (Lipinski definition) is 2. The largest absolute Gasteiger partial charge is 0.396 e. The molecule has 0 saturated carbocycles. The van der Waals surface area contributed by atoms with Gasteiger partial charge in [-0.3, -0.25) is 0 Å². The molecule has 6 heteroatoms. The number of nitrogens with zero attached hydrogens (tertiary/aromatic N) is 3. The zero-order valence-corrected chi connectivity index (χ0v) is 11.1. The molecule has 3 N–H and O–H groups in total. The van der Waals surface area contributed by atoms with Gasteiger partial charge in [-0.05, 0) is 31.7 Å². The Balaban J connectivity index is 2.14. The first-order chi connectivity index (χ1) is 8.72. The van der Waals surface area contributed by atoms with Gasteiger partial charge in [0.15, 0.2) is 0 Å².